The van der Waals surface area contributed by atoms with Crippen LogP contribution in [0.3, 0.4) is 0 Å². The first-order valence-corrected chi connectivity index (χ1v) is 5.44. The van der Waals surface area contributed by atoms with Gasteiger partial charge >= 0.3 is 5.97 Å². The molecule has 1 aromatic carbocycles. The summed E-state index contributed by atoms with van der Waals surface area (Å²) < 4.78 is 5.05. The maximum Gasteiger partial charge on any atom is 0.304 e. The summed E-state index contributed by atoms with van der Waals surface area (Å²) >= 11 is 5.86. The van der Waals surface area contributed by atoms with Crippen LogP contribution in [0.1, 0.15) is 25.8 Å². The van der Waals surface area contributed by atoms with Gasteiger partial charge in [0.25, 0.3) is 0 Å². The van der Waals surface area contributed by atoms with Crippen molar-refractivity contribution in [2.24, 2.45) is 0 Å². The zero-order valence-electron chi connectivity index (χ0n) is 9.95. The molecular weight excluding hydrogens is 244 g/mol. The summed E-state index contributed by atoms with van der Waals surface area (Å²) in [6, 6.07) is 2.93. The number of aliphatic carboxylic acids is 1. The number of benzene rings is 1. The van der Waals surface area contributed by atoms with Gasteiger partial charge in [0.2, 0.25) is 0 Å². The molecule has 0 saturated carbocycles. The van der Waals surface area contributed by atoms with E-state index in [0.29, 0.717) is 16.3 Å². The normalized spacial score (nSPS) is 11.3. The third-order valence-corrected chi connectivity index (χ3v) is 2.89. The van der Waals surface area contributed by atoms with Gasteiger partial charge in [-0.3, -0.25) is 4.79 Å². The Bertz CT molecular complexity index is 440. The Hall–Kier alpha value is -1.42. The third kappa shape index (κ3) is 3.03. The molecule has 17 heavy (non-hydrogen) atoms. The molecule has 0 aliphatic carbocycles. The monoisotopic (exact) mass is 258 g/mol. The number of phenols is 1. The van der Waals surface area contributed by atoms with Crippen molar-refractivity contribution in [3.63, 3.8) is 0 Å². The van der Waals surface area contributed by atoms with Crippen LogP contribution < -0.4 is 4.74 Å². The highest BCUT2D eigenvalue weighted by atomic mass is 35.5. The van der Waals surface area contributed by atoms with E-state index in [0.717, 1.165) is 0 Å². The Morgan fingerprint density at radius 3 is 2.53 bits per heavy atom. The van der Waals surface area contributed by atoms with Gasteiger partial charge in [0, 0.05) is 17.0 Å². The fourth-order valence-corrected chi connectivity index (χ4v) is 1.95. The van der Waals surface area contributed by atoms with Gasteiger partial charge in [-0.1, -0.05) is 25.4 Å². The molecule has 0 atom stereocenters. The lowest BCUT2D eigenvalue weighted by atomic mass is 9.81. The van der Waals surface area contributed by atoms with Gasteiger partial charge in [-0.2, -0.15) is 0 Å². The molecule has 94 valence electrons. The molecule has 0 amide bonds. The van der Waals surface area contributed by atoms with E-state index in [-0.39, 0.29) is 12.2 Å². The molecule has 0 saturated heterocycles. The molecular formula is C12H15ClO4. The smallest absolute Gasteiger partial charge is 0.304 e. The van der Waals surface area contributed by atoms with Crippen LogP contribution in [0.25, 0.3) is 0 Å². The lowest BCUT2D eigenvalue weighted by Crippen LogP contribution is -2.21. The number of halogens is 1. The van der Waals surface area contributed by atoms with Crippen LogP contribution >= 0.6 is 11.6 Å². The number of carboxylic acid groups (broad SMARTS) is 1. The van der Waals surface area contributed by atoms with Crippen molar-refractivity contribution in [2.75, 3.05) is 7.11 Å². The number of hydrogen-bond donors (Lipinski definition) is 2. The average molecular weight is 259 g/mol. The Balaban J connectivity index is 3.25. The summed E-state index contributed by atoms with van der Waals surface area (Å²) in [4.78, 5) is 10.8. The number of hydrogen-bond acceptors (Lipinski definition) is 3. The van der Waals surface area contributed by atoms with E-state index in [2.05, 4.69) is 0 Å². The second-order valence-corrected chi connectivity index (χ2v) is 4.87. The van der Waals surface area contributed by atoms with E-state index in [1.54, 1.807) is 19.9 Å². The first-order chi connectivity index (χ1) is 7.77. The van der Waals surface area contributed by atoms with Gasteiger partial charge in [0.1, 0.15) is 11.5 Å². The van der Waals surface area contributed by atoms with Crippen LogP contribution in [0.5, 0.6) is 11.5 Å². The van der Waals surface area contributed by atoms with E-state index >= 15 is 0 Å². The van der Waals surface area contributed by atoms with Crippen molar-refractivity contribution >= 4 is 17.6 Å². The molecule has 0 aromatic heterocycles. The average Bonchev–Trinajstić information content (AvgIpc) is 2.15. The van der Waals surface area contributed by atoms with Crippen molar-refractivity contribution in [2.45, 2.75) is 25.7 Å². The van der Waals surface area contributed by atoms with Crippen LogP contribution in [0.2, 0.25) is 5.02 Å². The molecule has 0 radical (unpaired) electrons. The Kier molecular flexibility index (Phi) is 3.88. The van der Waals surface area contributed by atoms with Gasteiger partial charge in [0.15, 0.2) is 0 Å². The maximum atomic E-state index is 10.8. The number of aromatic hydroxyl groups is 1. The lowest BCUT2D eigenvalue weighted by molar-refractivity contribution is -0.138. The molecule has 5 heteroatoms. The van der Waals surface area contributed by atoms with Crippen molar-refractivity contribution in [3.05, 3.63) is 22.7 Å². The highest BCUT2D eigenvalue weighted by Gasteiger charge is 2.28. The van der Waals surface area contributed by atoms with Gasteiger partial charge in [-0.25, -0.2) is 0 Å². The predicted molar refractivity (Wildman–Crippen MR) is 64.9 cm³/mol. The zero-order valence-corrected chi connectivity index (χ0v) is 10.7. The van der Waals surface area contributed by atoms with E-state index in [9.17, 15) is 9.90 Å². The summed E-state index contributed by atoms with van der Waals surface area (Å²) in [6.45, 7) is 3.48. The summed E-state index contributed by atoms with van der Waals surface area (Å²) in [5.74, 6) is -0.539. The number of carboxylic acids is 1. The van der Waals surface area contributed by atoms with Crippen LogP contribution in [-0.2, 0) is 10.2 Å². The van der Waals surface area contributed by atoms with E-state index in [1.165, 1.54) is 13.2 Å². The molecule has 0 bridgehead atoms. The molecule has 0 aliphatic heterocycles. The quantitative estimate of drug-likeness (QED) is 0.872. The number of rotatable bonds is 4. The topological polar surface area (TPSA) is 66.8 Å². The summed E-state index contributed by atoms with van der Waals surface area (Å²) in [7, 11) is 1.46. The molecule has 1 aromatic rings. The molecule has 2 N–H and O–H groups in total. The first kappa shape index (κ1) is 13.6. The first-order valence-electron chi connectivity index (χ1n) is 5.06. The second-order valence-electron chi connectivity index (χ2n) is 4.46. The summed E-state index contributed by atoms with van der Waals surface area (Å²) in [6.07, 6.45) is -0.0919. The molecule has 4 nitrogen and oxygen atoms in total. The van der Waals surface area contributed by atoms with Crippen LogP contribution in [0.15, 0.2) is 12.1 Å². The van der Waals surface area contributed by atoms with Crippen LogP contribution in [0, 0.1) is 0 Å². The molecule has 1 rings (SSSR count). The van der Waals surface area contributed by atoms with Crippen molar-refractivity contribution in [1.29, 1.82) is 0 Å². The number of phenolic OH excluding ortho intramolecular Hbond substituents is 1. The number of carbonyl (C=O) groups is 1. The Morgan fingerprint density at radius 2 is 2.06 bits per heavy atom. The molecule has 0 aliphatic rings. The Morgan fingerprint density at radius 1 is 1.47 bits per heavy atom. The summed E-state index contributed by atoms with van der Waals surface area (Å²) in [5, 5.41) is 19.0. The van der Waals surface area contributed by atoms with Gasteiger partial charge in [0.05, 0.1) is 18.6 Å². The van der Waals surface area contributed by atoms with E-state index < -0.39 is 11.4 Å². The number of ether oxygens (including phenoxy) is 1. The highest BCUT2D eigenvalue weighted by molar-refractivity contribution is 6.32. The van der Waals surface area contributed by atoms with Gasteiger partial charge in [-0.05, 0) is 6.07 Å². The Labute approximate surface area is 105 Å². The predicted octanol–water partition coefficient (Wildman–Crippen LogP) is 2.81. The zero-order chi connectivity index (χ0) is 13.2. The van der Waals surface area contributed by atoms with Crippen LogP contribution in [-0.4, -0.2) is 23.3 Å². The third-order valence-electron chi connectivity index (χ3n) is 2.59. The minimum absolute atomic E-state index is 0.0259. The van der Waals surface area contributed by atoms with Gasteiger partial charge < -0.3 is 14.9 Å². The van der Waals surface area contributed by atoms with E-state index in [1.807, 2.05) is 0 Å². The lowest BCUT2D eigenvalue weighted by Gasteiger charge is -2.24. The van der Waals surface area contributed by atoms with E-state index in [4.69, 9.17) is 21.4 Å². The standard InChI is InChI=1S/C12H15ClO4/c1-12(2,6-11(15)16)7-4-10(17-3)8(13)5-9(7)14/h4-5,14H,6H2,1-3H3,(H,15,16). The molecule has 0 fully saturated rings. The molecule has 0 unspecified atom stereocenters. The number of methoxy groups -OCH3 is 1. The molecule has 0 heterocycles. The van der Waals surface area contributed by atoms with Crippen molar-refractivity contribution in [3.8, 4) is 11.5 Å². The largest absolute Gasteiger partial charge is 0.508 e. The fourth-order valence-electron chi connectivity index (χ4n) is 1.71. The molecule has 0 spiro atoms. The minimum Gasteiger partial charge on any atom is -0.508 e. The SMILES string of the molecule is COc1cc(C(C)(C)CC(=O)O)c(O)cc1Cl. The second kappa shape index (κ2) is 4.84. The highest BCUT2D eigenvalue weighted by Crippen LogP contribution is 2.39. The van der Waals surface area contributed by atoms with Crippen molar-refractivity contribution in [1.82, 2.24) is 0 Å². The van der Waals surface area contributed by atoms with Crippen LogP contribution in [0.4, 0.5) is 0 Å². The fraction of sp³-hybridized carbons (Fsp3) is 0.417. The maximum absolute atomic E-state index is 10.8. The minimum atomic E-state index is -0.927. The summed E-state index contributed by atoms with van der Waals surface area (Å²) in [5.41, 5.74) is -0.200. The van der Waals surface area contributed by atoms with Crippen molar-refractivity contribution < 1.29 is 19.7 Å². The van der Waals surface area contributed by atoms with Gasteiger partial charge in [-0.15, -0.1) is 0 Å².